The van der Waals surface area contributed by atoms with Crippen LogP contribution < -0.4 is 9.80 Å². The summed E-state index contributed by atoms with van der Waals surface area (Å²) in [7, 11) is 0. The summed E-state index contributed by atoms with van der Waals surface area (Å²) in [4.78, 5) is 9.28. The van der Waals surface area contributed by atoms with E-state index >= 15 is 0 Å². The van der Waals surface area contributed by atoms with E-state index < -0.39 is 0 Å². The Morgan fingerprint density at radius 2 is 1.85 bits per heavy atom. The van der Waals surface area contributed by atoms with Crippen molar-refractivity contribution in [2.45, 2.75) is 0 Å². The Balaban J connectivity index is 1.45. The Hall–Kier alpha value is -1.21. The van der Waals surface area contributed by atoms with Crippen LogP contribution in [0.3, 0.4) is 0 Å². The predicted octanol–water partition coefficient (Wildman–Crippen LogP) is 2.27. The number of nitrogens with zero attached hydrogens (tertiary/aromatic N) is 5. The van der Waals surface area contributed by atoms with Crippen LogP contribution in [0.1, 0.15) is 0 Å². The van der Waals surface area contributed by atoms with Crippen molar-refractivity contribution in [2.24, 2.45) is 11.8 Å². The molecule has 104 valence electrons. The molecule has 2 saturated heterocycles. The summed E-state index contributed by atoms with van der Waals surface area (Å²) in [6, 6.07) is 4.15. The van der Waals surface area contributed by atoms with Gasteiger partial charge in [0.05, 0.1) is 0 Å². The lowest BCUT2D eigenvalue weighted by molar-refractivity contribution is 0.533. The number of halogens is 1. The molecule has 7 heteroatoms. The second-order valence-electron chi connectivity index (χ2n) is 5.39. The maximum absolute atomic E-state index is 4.50. The lowest BCUT2D eigenvalue weighted by Gasteiger charge is -2.21. The summed E-state index contributed by atoms with van der Waals surface area (Å²) >= 11 is 5.06. The minimum atomic E-state index is 0.712. The summed E-state index contributed by atoms with van der Waals surface area (Å²) < 4.78 is 1.03. The Morgan fingerprint density at radius 1 is 1.10 bits per heavy atom. The van der Waals surface area contributed by atoms with E-state index in [1.54, 1.807) is 11.3 Å². The van der Waals surface area contributed by atoms with Crippen molar-refractivity contribution in [1.82, 2.24) is 15.2 Å². The molecular formula is C13H14BrN5S. The second-order valence-corrected chi connectivity index (χ2v) is 7.11. The van der Waals surface area contributed by atoms with Gasteiger partial charge in [0.15, 0.2) is 0 Å². The molecule has 0 aliphatic carbocycles. The molecule has 4 rings (SSSR count). The Morgan fingerprint density at radius 3 is 2.45 bits per heavy atom. The van der Waals surface area contributed by atoms with Crippen molar-refractivity contribution in [3.8, 4) is 0 Å². The third kappa shape index (κ3) is 2.18. The van der Waals surface area contributed by atoms with Gasteiger partial charge in [-0.25, -0.2) is 4.98 Å². The van der Waals surface area contributed by atoms with E-state index in [1.165, 1.54) is 0 Å². The molecule has 5 nitrogen and oxygen atoms in total. The molecule has 2 atom stereocenters. The Kier molecular flexibility index (Phi) is 3.11. The van der Waals surface area contributed by atoms with E-state index in [-0.39, 0.29) is 0 Å². The molecule has 2 unspecified atom stereocenters. The molecule has 20 heavy (non-hydrogen) atoms. The molecule has 2 fully saturated rings. The fourth-order valence-electron chi connectivity index (χ4n) is 3.20. The number of rotatable bonds is 2. The summed E-state index contributed by atoms with van der Waals surface area (Å²) in [5.74, 6) is 2.51. The van der Waals surface area contributed by atoms with Crippen molar-refractivity contribution in [1.29, 1.82) is 0 Å². The average Bonchev–Trinajstić information content (AvgIpc) is 3.14. The molecule has 4 heterocycles. The van der Waals surface area contributed by atoms with Crippen LogP contribution in [0.2, 0.25) is 0 Å². The summed E-state index contributed by atoms with van der Waals surface area (Å²) in [5, 5.41) is 9.17. The molecule has 0 N–H and O–H groups in total. The van der Waals surface area contributed by atoms with Crippen LogP contribution in [0.5, 0.6) is 0 Å². The van der Waals surface area contributed by atoms with Gasteiger partial charge < -0.3 is 9.80 Å². The Labute approximate surface area is 129 Å². The molecule has 0 amide bonds. The van der Waals surface area contributed by atoms with Crippen LogP contribution in [-0.2, 0) is 0 Å². The van der Waals surface area contributed by atoms with Crippen molar-refractivity contribution >= 4 is 38.2 Å². The maximum Gasteiger partial charge on any atom is 0.208 e. The van der Waals surface area contributed by atoms with Crippen LogP contribution in [0, 0.1) is 11.8 Å². The minimum absolute atomic E-state index is 0.712. The fourth-order valence-corrected chi connectivity index (χ4v) is 4.01. The molecule has 0 radical (unpaired) electrons. The lowest BCUT2D eigenvalue weighted by atomic mass is 10.0. The molecular weight excluding hydrogens is 338 g/mol. The summed E-state index contributed by atoms with van der Waals surface area (Å²) in [6.07, 6.45) is 1.87. The maximum atomic E-state index is 4.50. The first-order chi connectivity index (χ1) is 9.79. The monoisotopic (exact) mass is 351 g/mol. The van der Waals surface area contributed by atoms with Crippen LogP contribution in [0.25, 0.3) is 0 Å². The van der Waals surface area contributed by atoms with E-state index in [1.807, 2.05) is 11.7 Å². The van der Waals surface area contributed by atoms with Crippen LogP contribution in [0.4, 0.5) is 10.9 Å². The zero-order chi connectivity index (χ0) is 13.5. The number of anilines is 2. The van der Waals surface area contributed by atoms with Crippen molar-refractivity contribution in [3.05, 3.63) is 28.3 Å². The highest BCUT2D eigenvalue weighted by Crippen LogP contribution is 2.35. The molecule has 2 aromatic rings. The standard InChI is InChI=1S/C13H14BrN5S/c14-11-1-2-12(15-3-11)18-4-9-6-19(7-10(9)5-18)13-17-16-8-20-13/h1-3,8-10H,4-7H2. The number of fused-ring (bicyclic) bond motifs is 1. The van der Waals surface area contributed by atoms with Gasteiger partial charge in [-0.1, -0.05) is 11.3 Å². The normalized spacial score (nSPS) is 25.2. The van der Waals surface area contributed by atoms with Gasteiger partial charge in [-0.3, -0.25) is 0 Å². The third-order valence-corrected chi connectivity index (χ3v) is 5.36. The first-order valence-electron chi connectivity index (χ1n) is 6.67. The highest BCUT2D eigenvalue weighted by molar-refractivity contribution is 9.10. The van der Waals surface area contributed by atoms with Crippen molar-refractivity contribution in [2.75, 3.05) is 36.0 Å². The van der Waals surface area contributed by atoms with Gasteiger partial charge in [0.2, 0.25) is 5.13 Å². The summed E-state index contributed by atoms with van der Waals surface area (Å²) in [5.41, 5.74) is 1.81. The van der Waals surface area contributed by atoms with E-state index in [0.717, 1.165) is 41.6 Å². The molecule has 0 aromatic carbocycles. The van der Waals surface area contributed by atoms with E-state index in [4.69, 9.17) is 0 Å². The zero-order valence-electron chi connectivity index (χ0n) is 10.8. The quantitative estimate of drug-likeness (QED) is 0.830. The fraction of sp³-hybridized carbons (Fsp3) is 0.462. The summed E-state index contributed by atoms with van der Waals surface area (Å²) in [6.45, 7) is 4.36. The highest BCUT2D eigenvalue weighted by Gasteiger charge is 2.41. The number of pyridine rings is 1. The molecule has 2 aliphatic rings. The van der Waals surface area contributed by atoms with Gasteiger partial charge in [0.1, 0.15) is 11.3 Å². The molecule has 2 aliphatic heterocycles. The number of aromatic nitrogens is 3. The molecule has 0 saturated carbocycles. The average molecular weight is 352 g/mol. The highest BCUT2D eigenvalue weighted by atomic mass is 79.9. The third-order valence-electron chi connectivity index (χ3n) is 4.14. The zero-order valence-corrected chi connectivity index (χ0v) is 13.2. The van der Waals surface area contributed by atoms with Crippen LogP contribution in [0.15, 0.2) is 28.3 Å². The van der Waals surface area contributed by atoms with Crippen molar-refractivity contribution in [3.63, 3.8) is 0 Å². The van der Waals surface area contributed by atoms with Gasteiger partial charge in [-0.05, 0) is 28.1 Å². The van der Waals surface area contributed by atoms with Crippen LogP contribution >= 0.6 is 27.3 Å². The molecule has 0 bridgehead atoms. The van der Waals surface area contributed by atoms with E-state index in [2.05, 4.69) is 53.0 Å². The molecule has 2 aromatic heterocycles. The van der Waals surface area contributed by atoms with Gasteiger partial charge in [0.25, 0.3) is 0 Å². The smallest absolute Gasteiger partial charge is 0.208 e. The number of hydrogen-bond donors (Lipinski definition) is 0. The lowest BCUT2D eigenvalue weighted by Crippen LogP contribution is -2.29. The topological polar surface area (TPSA) is 45.2 Å². The van der Waals surface area contributed by atoms with Crippen LogP contribution in [-0.4, -0.2) is 41.4 Å². The first-order valence-corrected chi connectivity index (χ1v) is 8.34. The second kappa shape index (κ2) is 4.96. The SMILES string of the molecule is Brc1ccc(N2CC3CN(c4nncs4)CC3C2)nc1. The number of hydrogen-bond acceptors (Lipinski definition) is 6. The largest absolute Gasteiger partial charge is 0.356 e. The van der Waals surface area contributed by atoms with Gasteiger partial charge in [0, 0.05) is 48.7 Å². The molecule has 0 spiro atoms. The first kappa shape index (κ1) is 12.5. The van der Waals surface area contributed by atoms with E-state index in [9.17, 15) is 0 Å². The predicted molar refractivity (Wildman–Crippen MR) is 83.3 cm³/mol. The van der Waals surface area contributed by atoms with E-state index in [0.29, 0.717) is 11.8 Å². The van der Waals surface area contributed by atoms with Crippen molar-refractivity contribution < 1.29 is 0 Å². The van der Waals surface area contributed by atoms with Gasteiger partial charge in [-0.2, -0.15) is 0 Å². The van der Waals surface area contributed by atoms with Gasteiger partial charge in [-0.15, -0.1) is 10.2 Å². The minimum Gasteiger partial charge on any atom is -0.356 e. The Bertz CT molecular complexity index is 573. The van der Waals surface area contributed by atoms with Gasteiger partial charge >= 0.3 is 0 Å².